The maximum absolute atomic E-state index is 12.4. The summed E-state index contributed by atoms with van der Waals surface area (Å²) in [7, 11) is 0. The Morgan fingerprint density at radius 1 is 1.22 bits per heavy atom. The summed E-state index contributed by atoms with van der Waals surface area (Å²) in [6.07, 6.45) is 1.88. The number of anilines is 1. The van der Waals surface area contributed by atoms with Gasteiger partial charge in [0.2, 0.25) is 0 Å². The zero-order valence-corrected chi connectivity index (χ0v) is 14.2. The number of benzene rings is 1. The van der Waals surface area contributed by atoms with Crippen LogP contribution in [-0.2, 0) is 0 Å². The van der Waals surface area contributed by atoms with E-state index in [9.17, 15) is 4.79 Å². The van der Waals surface area contributed by atoms with Gasteiger partial charge in [-0.05, 0) is 39.2 Å². The van der Waals surface area contributed by atoms with E-state index in [4.69, 9.17) is 5.73 Å². The number of carbonyl (C=O) groups excluding carboxylic acids is 1. The first-order valence-electron chi connectivity index (χ1n) is 7.11. The Labute approximate surface area is 137 Å². The van der Waals surface area contributed by atoms with Gasteiger partial charge in [0.25, 0.3) is 5.91 Å². The first-order chi connectivity index (χ1) is 10.8. The molecule has 2 aromatic heterocycles. The fourth-order valence-electron chi connectivity index (χ4n) is 2.34. The van der Waals surface area contributed by atoms with E-state index in [2.05, 4.69) is 25.5 Å². The van der Waals surface area contributed by atoms with Crippen molar-refractivity contribution in [3.05, 3.63) is 17.8 Å². The van der Waals surface area contributed by atoms with E-state index in [1.807, 2.05) is 39.2 Å². The first-order valence-corrected chi connectivity index (χ1v) is 8.33. The predicted molar refractivity (Wildman–Crippen MR) is 92.6 cm³/mol. The number of nitrogens with zero attached hydrogens (tertiary/aromatic N) is 3. The molecule has 1 aromatic carbocycles. The van der Waals surface area contributed by atoms with Crippen LogP contribution in [-0.4, -0.2) is 37.9 Å². The lowest BCUT2D eigenvalue weighted by Crippen LogP contribution is -2.40. The van der Waals surface area contributed by atoms with Crippen molar-refractivity contribution >= 4 is 45.3 Å². The molecule has 2 heterocycles. The molecule has 0 radical (unpaired) electrons. The lowest BCUT2D eigenvalue weighted by Gasteiger charge is -2.19. The Balaban J connectivity index is 2.20. The third kappa shape index (κ3) is 2.81. The highest BCUT2D eigenvalue weighted by atomic mass is 32.2. The number of H-pyrrole nitrogens is 1. The standard InChI is InChI=1S/C15H18N6OS/c1-15(2,3)19-13(22)11-7-5-6-8-9(10(7)20-21-11)17-14(23-4)18-12(8)16/h5-6H,1-4H3,(H,19,22)(H,20,21)(H2,16,17,18). The van der Waals surface area contributed by atoms with Crippen molar-refractivity contribution in [2.75, 3.05) is 12.0 Å². The molecular weight excluding hydrogens is 312 g/mol. The molecule has 0 saturated carbocycles. The molecule has 0 saturated heterocycles. The van der Waals surface area contributed by atoms with Crippen LogP contribution in [0.25, 0.3) is 21.8 Å². The van der Waals surface area contributed by atoms with Gasteiger partial charge in [0.1, 0.15) is 22.5 Å². The summed E-state index contributed by atoms with van der Waals surface area (Å²) in [6, 6.07) is 3.64. The van der Waals surface area contributed by atoms with E-state index in [-0.39, 0.29) is 11.4 Å². The van der Waals surface area contributed by atoms with Crippen molar-refractivity contribution < 1.29 is 4.79 Å². The van der Waals surface area contributed by atoms with E-state index in [1.165, 1.54) is 11.8 Å². The molecule has 0 atom stereocenters. The van der Waals surface area contributed by atoms with Gasteiger partial charge in [-0.1, -0.05) is 11.8 Å². The van der Waals surface area contributed by atoms with Gasteiger partial charge in [0, 0.05) is 16.3 Å². The monoisotopic (exact) mass is 330 g/mol. The third-order valence-corrected chi connectivity index (χ3v) is 3.85. The van der Waals surface area contributed by atoms with Crippen LogP contribution in [0.5, 0.6) is 0 Å². The summed E-state index contributed by atoms with van der Waals surface area (Å²) in [5.74, 6) is 0.205. The summed E-state index contributed by atoms with van der Waals surface area (Å²) in [6.45, 7) is 5.78. The Morgan fingerprint density at radius 3 is 2.57 bits per heavy atom. The molecule has 8 heteroatoms. The highest BCUT2D eigenvalue weighted by molar-refractivity contribution is 7.98. The summed E-state index contributed by atoms with van der Waals surface area (Å²) < 4.78 is 0. The van der Waals surface area contributed by atoms with E-state index >= 15 is 0 Å². The lowest BCUT2D eigenvalue weighted by atomic mass is 10.1. The third-order valence-electron chi connectivity index (χ3n) is 3.30. The zero-order valence-electron chi connectivity index (χ0n) is 13.4. The molecule has 0 aliphatic rings. The van der Waals surface area contributed by atoms with Gasteiger partial charge in [-0.3, -0.25) is 9.89 Å². The number of nitrogens with two attached hydrogens (primary N) is 1. The van der Waals surface area contributed by atoms with Gasteiger partial charge in [-0.2, -0.15) is 5.10 Å². The van der Waals surface area contributed by atoms with Gasteiger partial charge >= 0.3 is 0 Å². The van der Waals surface area contributed by atoms with E-state index in [0.717, 1.165) is 5.39 Å². The number of amides is 1. The largest absolute Gasteiger partial charge is 0.383 e. The zero-order chi connectivity index (χ0) is 16.8. The van der Waals surface area contributed by atoms with Gasteiger partial charge in [-0.25, -0.2) is 9.97 Å². The SMILES string of the molecule is CSc1nc(N)c2ccc3c(C(=O)NC(C)(C)C)[nH]nc3c2n1. The lowest BCUT2D eigenvalue weighted by molar-refractivity contribution is 0.0916. The van der Waals surface area contributed by atoms with Crippen LogP contribution in [0.15, 0.2) is 17.3 Å². The fraction of sp³-hybridized carbons (Fsp3) is 0.333. The maximum Gasteiger partial charge on any atom is 0.270 e. The average Bonchev–Trinajstić information content (AvgIpc) is 2.89. The molecule has 7 nitrogen and oxygen atoms in total. The number of fused-ring (bicyclic) bond motifs is 3. The van der Waals surface area contributed by atoms with Crippen molar-refractivity contribution in [2.24, 2.45) is 0 Å². The molecule has 4 N–H and O–H groups in total. The van der Waals surface area contributed by atoms with E-state index in [0.29, 0.717) is 33.1 Å². The second-order valence-electron chi connectivity index (χ2n) is 6.26. The molecule has 23 heavy (non-hydrogen) atoms. The molecule has 0 fully saturated rings. The Bertz CT molecular complexity index is 912. The normalized spacial score (nSPS) is 12.0. The van der Waals surface area contributed by atoms with Crippen LogP contribution >= 0.6 is 11.8 Å². The second kappa shape index (κ2) is 5.38. The molecule has 0 aliphatic heterocycles. The second-order valence-corrected chi connectivity index (χ2v) is 7.03. The predicted octanol–water partition coefficient (Wildman–Crippen LogP) is 2.34. The number of carbonyl (C=O) groups is 1. The molecule has 0 spiro atoms. The Kier molecular flexibility index (Phi) is 3.63. The number of hydrogen-bond acceptors (Lipinski definition) is 6. The fourth-order valence-corrected chi connectivity index (χ4v) is 2.71. The Morgan fingerprint density at radius 2 is 1.91 bits per heavy atom. The van der Waals surface area contributed by atoms with Crippen LogP contribution in [0, 0.1) is 0 Å². The van der Waals surface area contributed by atoms with Gasteiger partial charge < -0.3 is 11.1 Å². The van der Waals surface area contributed by atoms with Crippen molar-refractivity contribution in [1.82, 2.24) is 25.5 Å². The van der Waals surface area contributed by atoms with Crippen LogP contribution in [0.3, 0.4) is 0 Å². The summed E-state index contributed by atoms with van der Waals surface area (Å²) in [5.41, 5.74) is 7.34. The number of nitrogens with one attached hydrogen (secondary N) is 2. The number of aromatic nitrogens is 4. The number of rotatable bonds is 2. The van der Waals surface area contributed by atoms with Crippen molar-refractivity contribution in [1.29, 1.82) is 0 Å². The molecule has 120 valence electrons. The van der Waals surface area contributed by atoms with Gasteiger partial charge in [0.15, 0.2) is 5.16 Å². The van der Waals surface area contributed by atoms with E-state index < -0.39 is 0 Å². The summed E-state index contributed by atoms with van der Waals surface area (Å²) >= 11 is 1.41. The van der Waals surface area contributed by atoms with E-state index in [1.54, 1.807) is 0 Å². The summed E-state index contributed by atoms with van der Waals surface area (Å²) in [4.78, 5) is 21.1. The molecular formula is C15H18N6OS. The minimum absolute atomic E-state index is 0.202. The topological polar surface area (TPSA) is 110 Å². The van der Waals surface area contributed by atoms with Gasteiger partial charge in [0.05, 0.1) is 0 Å². The maximum atomic E-state index is 12.4. The molecule has 0 bridgehead atoms. The van der Waals surface area contributed by atoms with Crippen molar-refractivity contribution in [2.45, 2.75) is 31.5 Å². The minimum atomic E-state index is -0.329. The number of thioether (sulfide) groups is 1. The molecule has 3 aromatic rings. The first kappa shape index (κ1) is 15.5. The van der Waals surface area contributed by atoms with Crippen molar-refractivity contribution in [3.63, 3.8) is 0 Å². The molecule has 0 unspecified atom stereocenters. The molecule has 1 amide bonds. The van der Waals surface area contributed by atoms with Gasteiger partial charge in [-0.15, -0.1) is 0 Å². The van der Waals surface area contributed by atoms with Crippen LogP contribution in [0.2, 0.25) is 0 Å². The quantitative estimate of drug-likeness (QED) is 0.491. The smallest absolute Gasteiger partial charge is 0.270 e. The highest BCUT2D eigenvalue weighted by Gasteiger charge is 2.21. The highest BCUT2D eigenvalue weighted by Crippen LogP contribution is 2.28. The van der Waals surface area contributed by atoms with Crippen LogP contribution < -0.4 is 11.1 Å². The molecule has 0 aliphatic carbocycles. The number of aromatic amines is 1. The van der Waals surface area contributed by atoms with Crippen LogP contribution in [0.4, 0.5) is 5.82 Å². The number of hydrogen-bond donors (Lipinski definition) is 3. The number of nitrogen functional groups attached to an aromatic ring is 1. The van der Waals surface area contributed by atoms with Crippen LogP contribution in [0.1, 0.15) is 31.3 Å². The molecule has 3 rings (SSSR count). The average molecular weight is 330 g/mol. The minimum Gasteiger partial charge on any atom is -0.383 e. The van der Waals surface area contributed by atoms with Crippen molar-refractivity contribution in [3.8, 4) is 0 Å². The Hall–Kier alpha value is -2.35. The summed E-state index contributed by atoms with van der Waals surface area (Å²) in [5, 5.41) is 12.0.